The van der Waals surface area contributed by atoms with Crippen LogP contribution in [0.5, 0.6) is 5.75 Å². The molecule has 4 nitrogen and oxygen atoms in total. The molecule has 1 aromatic carbocycles. The third-order valence-corrected chi connectivity index (χ3v) is 3.52. The monoisotopic (exact) mass is 278 g/mol. The fourth-order valence-corrected chi connectivity index (χ4v) is 1.86. The smallest absolute Gasteiger partial charge is 0.222 e. The molecule has 2 N–H and O–H groups in total. The van der Waals surface area contributed by atoms with Crippen LogP contribution in [0.25, 0.3) is 0 Å². The summed E-state index contributed by atoms with van der Waals surface area (Å²) in [6, 6.07) is 7.91. The largest absolute Gasteiger partial charge is 0.492 e. The van der Waals surface area contributed by atoms with E-state index < -0.39 is 0 Å². The summed E-state index contributed by atoms with van der Waals surface area (Å²) < 4.78 is 5.62. The molecule has 1 aromatic rings. The topological polar surface area (TPSA) is 55.6 Å². The molecule has 0 bridgehead atoms. The predicted molar refractivity (Wildman–Crippen MR) is 81.8 cm³/mol. The number of carbonyl (C=O) groups is 1. The quantitative estimate of drug-likeness (QED) is 0.793. The van der Waals surface area contributed by atoms with E-state index in [1.54, 1.807) is 4.90 Å². The van der Waals surface area contributed by atoms with Crippen LogP contribution in [-0.2, 0) is 4.79 Å². The first-order valence-corrected chi connectivity index (χ1v) is 7.20. The second-order valence-electron chi connectivity index (χ2n) is 5.19. The number of nitrogens with two attached hydrogens (primary N) is 1. The Morgan fingerprint density at radius 1 is 1.35 bits per heavy atom. The van der Waals surface area contributed by atoms with Gasteiger partial charge in [0.25, 0.3) is 0 Å². The number of amides is 1. The van der Waals surface area contributed by atoms with Crippen LogP contribution < -0.4 is 10.5 Å². The zero-order valence-electron chi connectivity index (χ0n) is 12.8. The van der Waals surface area contributed by atoms with E-state index in [0.717, 1.165) is 12.2 Å². The van der Waals surface area contributed by atoms with E-state index in [2.05, 4.69) is 6.92 Å². The van der Waals surface area contributed by atoms with Crippen molar-refractivity contribution in [2.75, 3.05) is 26.7 Å². The van der Waals surface area contributed by atoms with Gasteiger partial charge in [0.1, 0.15) is 12.4 Å². The van der Waals surface area contributed by atoms with E-state index in [1.807, 2.05) is 38.2 Å². The number of hydrogen-bond donors (Lipinski definition) is 1. The lowest BCUT2D eigenvalue weighted by molar-refractivity contribution is -0.131. The molecular formula is C16H26N2O2. The van der Waals surface area contributed by atoms with Crippen molar-refractivity contribution >= 4 is 5.91 Å². The van der Waals surface area contributed by atoms with Crippen LogP contribution in [0.3, 0.4) is 0 Å². The number of carbonyl (C=O) groups excluding carboxylic acids is 1. The van der Waals surface area contributed by atoms with Gasteiger partial charge < -0.3 is 15.4 Å². The van der Waals surface area contributed by atoms with Gasteiger partial charge in [0.15, 0.2) is 0 Å². The van der Waals surface area contributed by atoms with Crippen LogP contribution in [0, 0.1) is 12.8 Å². The van der Waals surface area contributed by atoms with Gasteiger partial charge in [-0.15, -0.1) is 0 Å². The summed E-state index contributed by atoms with van der Waals surface area (Å²) in [6.07, 6.45) is 1.46. The predicted octanol–water partition coefficient (Wildman–Crippen LogP) is 2.21. The third-order valence-electron chi connectivity index (χ3n) is 3.52. The van der Waals surface area contributed by atoms with E-state index in [0.29, 0.717) is 26.1 Å². The summed E-state index contributed by atoms with van der Waals surface area (Å²) in [4.78, 5) is 13.7. The molecule has 0 aliphatic rings. The highest BCUT2D eigenvalue weighted by Gasteiger charge is 2.14. The molecule has 0 aliphatic heterocycles. The van der Waals surface area contributed by atoms with Crippen LogP contribution >= 0.6 is 0 Å². The Kier molecular flexibility index (Phi) is 7.09. The summed E-state index contributed by atoms with van der Waals surface area (Å²) in [5.74, 6) is 1.25. The Morgan fingerprint density at radius 2 is 2.00 bits per heavy atom. The van der Waals surface area contributed by atoms with Gasteiger partial charge in [-0.1, -0.05) is 31.0 Å². The average Bonchev–Trinajstić information content (AvgIpc) is 2.46. The molecule has 20 heavy (non-hydrogen) atoms. The van der Waals surface area contributed by atoms with E-state index in [-0.39, 0.29) is 11.8 Å². The van der Waals surface area contributed by atoms with Gasteiger partial charge in [-0.3, -0.25) is 4.79 Å². The zero-order valence-corrected chi connectivity index (χ0v) is 12.8. The highest BCUT2D eigenvalue weighted by molar-refractivity contribution is 5.76. The number of likely N-dealkylation sites (N-methyl/N-ethyl adjacent to an activating group) is 1. The van der Waals surface area contributed by atoms with Crippen molar-refractivity contribution < 1.29 is 9.53 Å². The minimum Gasteiger partial charge on any atom is -0.492 e. The van der Waals surface area contributed by atoms with Gasteiger partial charge in [0, 0.05) is 13.5 Å². The van der Waals surface area contributed by atoms with Gasteiger partial charge in [-0.05, 0) is 31.5 Å². The van der Waals surface area contributed by atoms with Crippen LogP contribution in [0.15, 0.2) is 24.3 Å². The first-order valence-electron chi connectivity index (χ1n) is 7.20. The second kappa shape index (κ2) is 8.59. The van der Waals surface area contributed by atoms with Crippen LogP contribution in [0.2, 0.25) is 0 Å². The molecule has 112 valence electrons. The SMILES string of the molecule is CCC(CN)CC(=O)N(C)CCOc1ccc(C)cc1. The number of hydrogen-bond acceptors (Lipinski definition) is 3. The molecule has 0 aromatic heterocycles. The second-order valence-corrected chi connectivity index (χ2v) is 5.19. The first kappa shape index (κ1) is 16.5. The standard InChI is InChI=1S/C16H26N2O2/c1-4-14(12-17)11-16(19)18(3)9-10-20-15-7-5-13(2)6-8-15/h5-8,14H,4,9-12,17H2,1-3H3. The fourth-order valence-electron chi connectivity index (χ4n) is 1.86. The summed E-state index contributed by atoms with van der Waals surface area (Å²) in [5.41, 5.74) is 6.83. The van der Waals surface area contributed by atoms with Crippen LogP contribution in [-0.4, -0.2) is 37.6 Å². The molecule has 0 saturated carbocycles. The Labute approximate surface area is 121 Å². The van der Waals surface area contributed by atoms with Gasteiger partial charge in [0.2, 0.25) is 5.91 Å². The van der Waals surface area contributed by atoms with Crippen molar-refractivity contribution in [2.45, 2.75) is 26.7 Å². The molecule has 0 saturated heterocycles. The van der Waals surface area contributed by atoms with E-state index >= 15 is 0 Å². The van der Waals surface area contributed by atoms with E-state index in [4.69, 9.17) is 10.5 Å². The molecule has 1 atom stereocenters. The minimum absolute atomic E-state index is 0.134. The van der Waals surface area contributed by atoms with Crippen LogP contribution in [0.4, 0.5) is 0 Å². The lowest BCUT2D eigenvalue weighted by Crippen LogP contribution is -2.33. The van der Waals surface area contributed by atoms with Gasteiger partial charge in [0.05, 0.1) is 6.54 Å². The van der Waals surface area contributed by atoms with Crippen molar-refractivity contribution in [3.8, 4) is 5.75 Å². The maximum atomic E-state index is 12.0. The average molecular weight is 278 g/mol. The molecule has 0 aliphatic carbocycles. The maximum Gasteiger partial charge on any atom is 0.222 e. The normalized spacial score (nSPS) is 12.0. The van der Waals surface area contributed by atoms with Crippen molar-refractivity contribution in [2.24, 2.45) is 11.7 Å². The maximum absolute atomic E-state index is 12.0. The molecule has 1 rings (SSSR count). The van der Waals surface area contributed by atoms with E-state index in [9.17, 15) is 4.79 Å². The summed E-state index contributed by atoms with van der Waals surface area (Å²) in [5, 5.41) is 0. The number of rotatable bonds is 8. The summed E-state index contributed by atoms with van der Waals surface area (Å²) in [6.45, 7) is 5.76. The highest BCUT2D eigenvalue weighted by atomic mass is 16.5. The highest BCUT2D eigenvalue weighted by Crippen LogP contribution is 2.11. The molecule has 0 heterocycles. The molecule has 0 spiro atoms. The lowest BCUT2D eigenvalue weighted by atomic mass is 10.0. The number of aryl methyl sites for hydroxylation is 1. The first-order chi connectivity index (χ1) is 9.56. The van der Waals surface area contributed by atoms with Crippen LogP contribution in [0.1, 0.15) is 25.3 Å². The Balaban J connectivity index is 2.30. The third kappa shape index (κ3) is 5.61. The molecule has 4 heteroatoms. The summed E-state index contributed by atoms with van der Waals surface area (Å²) >= 11 is 0. The van der Waals surface area contributed by atoms with Crippen molar-refractivity contribution in [1.29, 1.82) is 0 Å². The Morgan fingerprint density at radius 3 is 2.55 bits per heavy atom. The van der Waals surface area contributed by atoms with Crippen molar-refractivity contribution in [3.63, 3.8) is 0 Å². The van der Waals surface area contributed by atoms with Crippen molar-refractivity contribution in [1.82, 2.24) is 4.90 Å². The molecular weight excluding hydrogens is 252 g/mol. The number of benzene rings is 1. The lowest BCUT2D eigenvalue weighted by Gasteiger charge is -2.20. The fraction of sp³-hybridized carbons (Fsp3) is 0.562. The van der Waals surface area contributed by atoms with Gasteiger partial charge in [-0.2, -0.15) is 0 Å². The van der Waals surface area contributed by atoms with Gasteiger partial charge >= 0.3 is 0 Å². The van der Waals surface area contributed by atoms with Gasteiger partial charge in [-0.25, -0.2) is 0 Å². The Bertz CT molecular complexity index is 399. The summed E-state index contributed by atoms with van der Waals surface area (Å²) in [7, 11) is 1.81. The molecule has 1 unspecified atom stereocenters. The van der Waals surface area contributed by atoms with E-state index in [1.165, 1.54) is 5.56 Å². The molecule has 0 radical (unpaired) electrons. The van der Waals surface area contributed by atoms with Crippen molar-refractivity contribution in [3.05, 3.63) is 29.8 Å². The minimum atomic E-state index is 0.134. The number of ether oxygens (including phenoxy) is 1. The Hall–Kier alpha value is -1.55. The number of nitrogens with zero attached hydrogens (tertiary/aromatic N) is 1. The zero-order chi connectivity index (χ0) is 15.0. The molecule has 0 fully saturated rings. The molecule has 1 amide bonds.